The molecule has 1 aliphatic heterocycles. The number of nitrogens with one attached hydrogen (secondary N) is 1. The van der Waals surface area contributed by atoms with Crippen molar-refractivity contribution in [2.45, 2.75) is 19.9 Å². The highest BCUT2D eigenvalue weighted by molar-refractivity contribution is 8.26. The fourth-order valence-electron chi connectivity index (χ4n) is 2.66. The highest BCUT2D eigenvalue weighted by Crippen LogP contribution is 2.35. The Kier molecular flexibility index (Phi) is 6.49. The van der Waals surface area contributed by atoms with E-state index in [1.807, 2.05) is 62.4 Å². The minimum absolute atomic E-state index is 0.00609. The van der Waals surface area contributed by atoms with Gasteiger partial charge in [-0.05, 0) is 38.1 Å². The van der Waals surface area contributed by atoms with Gasteiger partial charge in [-0.1, -0.05) is 60.4 Å². The third kappa shape index (κ3) is 4.79. The van der Waals surface area contributed by atoms with E-state index in [1.54, 1.807) is 17.0 Å². The van der Waals surface area contributed by atoms with Gasteiger partial charge in [-0.2, -0.15) is 0 Å². The van der Waals surface area contributed by atoms with Crippen LogP contribution in [-0.4, -0.2) is 33.7 Å². The summed E-state index contributed by atoms with van der Waals surface area (Å²) >= 11 is 6.58. The van der Waals surface area contributed by atoms with E-state index in [1.165, 1.54) is 11.8 Å². The molecular weight excluding hydrogens is 392 g/mol. The van der Waals surface area contributed by atoms with Crippen molar-refractivity contribution < 1.29 is 14.3 Å². The van der Waals surface area contributed by atoms with Crippen LogP contribution in [0.25, 0.3) is 6.08 Å². The maximum absolute atomic E-state index is 12.6. The molecule has 3 rings (SSSR count). The van der Waals surface area contributed by atoms with Crippen LogP contribution in [0.2, 0.25) is 0 Å². The van der Waals surface area contributed by atoms with E-state index in [0.717, 1.165) is 5.56 Å². The topological polar surface area (TPSA) is 58.6 Å². The fourth-order valence-corrected chi connectivity index (χ4v) is 4.17. The number of para-hydroxylation sites is 2. The quantitative estimate of drug-likeness (QED) is 0.566. The molecule has 0 aromatic heterocycles. The molecule has 0 aliphatic carbocycles. The van der Waals surface area contributed by atoms with E-state index in [4.69, 9.17) is 17.0 Å². The van der Waals surface area contributed by atoms with Crippen LogP contribution in [0.5, 0.6) is 5.75 Å². The summed E-state index contributed by atoms with van der Waals surface area (Å²) in [5.74, 6) is 0.161. The lowest BCUT2D eigenvalue weighted by Crippen LogP contribution is -2.34. The van der Waals surface area contributed by atoms with Crippen LogP contribution < -0.4 is 10.1 Å². The molecule has 1 saturated heterocycles. The molecule has 0 spiro atoms. The number of amides is 2. The van der Waals surface area contributed by atoms with Crippen LogP contribution >= 0.6 is 24.0 Å². The summed E-state index contributed by atoms with van der Waals surface area (Å²) in [6, 6.07) is 16.5. The predicted octanol–water partition coefficient (Wildman–Crippen LogP) is 4.31. The number of hydrogen-bond acceptors (Lipinski definition) is 5. The Balaban J connectivity index is 1.71. The maximum Gasteiger partial charge on any atom is 0.266 e. The first-order valence-electron chi connectivity index (χ1n) is 8.79. The molecule has 1 fully saturated rings. The standard InChI is InChI=1S/C21H20N2O3S2/c1-14(2)23-20(25)18(28-21(23)27)12-15-8-6-7-11-17(15)26-13-19(24)22-16-9-4-3-5-10-16/h3-12,14H,13H2,1-2H3,(H,22,24)/b18-12-. The summed E-state index contributed by atoms with van der Waals surface area (Å²) in [6.45, 7) is 3.72. The zero-order valence-corrected chi connectivity index (χ0v) is 17.2. The van der Waals surface area contributed by atoms with Gasteiger partial charge >= 0.3 is 0 Å². The van der Waals surface area contributed by atoms with Crippen LogP contribution in [0.15, 0.2) is 59.5 Å². The Morgan fingerprint density at radius 1 is 1.18 bits per heavy atom. The molecule has 1 aliphatic rings. The van der Waals surface area contributed by atoms with E-state index in [2.05, 4.69) is 5.32 Å². The highest BCUT2D eigenvalue weighted by Gasteiger charge is 2.33. The first kappa shape index (κ1) is 20.1. The Bertz CT molecular complexity index is 926. The lowest BCUT2D eigenvalue weighted by molar-refractivity contribution is -0.123. The SMILES string of the molecule is CC(C)N1C(=O)/C(=C/c2ccccc2OCC(=O)Nc2ccccc2)SC1=S. The first-order chi connectivity index (χ1) is 13.5. The number of ether oxygens (including phenoxy) is 1. The average Bonchev–Trinajstić information content (AvgIpc) is 2.95. The monoisotopic (exact) mass is 412 g/mol. The number of benzene rings is 2. The Labute approximate surface area is 173 Å². The van der Waals surface area contributed by atoms with Crippen LogP contribution in [0.1, 0.15) is 19.4 Å². The van der Waals surface area contributed by atoms with Crippen LogP contribution in [0.4, 0.5) is 5.69 Å². The molecule has 0 saturated carbocycles. The zero-order valence-electron chi connectivity index (χ0n) is 15.5. The molecule has 28 heavy (non-hydrogen) atoms. The minimum atomic E-state index is -0.257. The van der Waals surface area contributed by atoms with Crippen LogP contribution in [0.3, 0.4) is 0 Å². The van der Waals surface area contributed by atoms with Crippen molar-refractivity contribution in [1.29, 1.82) is 0 Å². The largest absolute Gasteiger partial charge is 0.483 e. The zero-order chi connectivity index (χ0) is 20.1. The van der Waals surface area contributed by atoms with E-state index < -0.39 is 0 Å². The number of hydrogen-bond donors (Lipinski definition) is 1. The molecule has 0 bridgehead atoms. The number of thiocarbonyl (C=S) groups is 1. The van der Waals surface area contributed by atoms with E-state index in [-0.39, 0.29) is 24.5 Å². The molecule has 7 heteroatoms. The molecule has 0 unspecified atom stereocenters. The Morgan fingerprint density at radius 2 is 1.86 bits per heavy atom. The number of thioether (sulfide) groups is 1. The summed E-state index contributed by atoms with van der Waals surface area (Å²) in [7, 11) is 0. The molecule has 0 radical (unpaired) electrons. The van der Waals surface area contributed by atoms with Crippen LogP contribution in [0, 0.1) is 0 Å². The van der Waals surface area contributed by atoms with Crippen molar-refractivity contribution in [3.63, 3.8) is 0 Å². The average molecular weight is 413 g/mol. The van der Waals surface area contributed by atoms with Gasteiger partial charge in [-0.25, -0.2) is 0 Å². The second kappa shape index (κ2) is 9.03. The molecule has 5 nitrogen and oxygen atoms in total. The predicted molar refractivity (Wildman–Crippen MR) is 117 cm³/mol. The summed E-state index contributed by atoms with van der Waals surface area (Å²) < 4.78 is 6.24. The minimum Gasteiger partial charge on any atom is -0.483 e. The van der Waals surface area contributed by atoms with Gasteiger partial charge in [-0.15, -0.1) is 0 Å². The molecular formula is C21H20N2O3S2. The van der Waals surface area contributed by atoms with Gasteiger partial charge in [0.1, 0.15) is 10.1 Å². The molecule has 1 heterocycles. The van der Waals surface area contributed by atoms with Gasteiger partial charge in [0.15, 0.2) is 6.61 Å². The van der Waals surface area contributed by atoms with E-state index in [0.29, 0.717) is 20.7 Å². The van der Waals surface area contributed by atoms with Gasteiger partial charge in [0.2, 0.25) is 0 Å². The third-order valence-electron chi connectivity index (χ3n) is 3.96. The van der Waals surface area contributed by atoms with E-state index in [9.17, 15) is 9.59 Å². The number of anilines is 1. The van der Waals surface area contributed by atoms with Gasteiger partial charge < -0.3 is 10.1 Å². The van der Waals surface area contributed by atoms with Crippen molar-refractivity contribution >= 4 is 51.9 Å². The van der Waals surface area contributed by atoms with Crippen molar-refractivity contribution in [3.05, 3.63) is 65.1 Å². The molecule has 0 atom stereocenters. The van der Waals surface area contributed by atoms with Crippen LogP contribution in [-0.2, 0) is 9.59 Å². The van der Waals surface area contributed by atoms with Gasteiger partial charge in [-0.3, -0.25) is 14.5 Å². The molecule has 144 valence electrons. The second-order valence-corrected chi connectivity index (χ2v) is 8.06. The summed E-state index contributed by atoms with van der Waals surface area (Å²) in [6.07, 6.45) is 1.76. The number of nitrogens with zero attached hydrogens (tertiary/aromatic N) is 1. The molecule has 2 aromatic carbocycles. The second-order valence-electron chi connectivity index (χ2n) is 6.39. The smallest absolute Gasteiger partial charge is 0.266 e. The highest BCUT2D eigenvalue weighted by atomic mass is 32.2. The summed E-state index contributed by atoms with van der Waals surface area (Å²) in [4.78, 5) is 26.9. The lowest BCUT2D eigenvalue weighted by Gasteiger charge is -2.18. The van der Waals surface area contributed by atoms with Crippen molar-refractivity contribution in [2.75, 3.05) is 11.9 Å². The van der Waals surface area contributed by atoms with Gasteiger partial charge in [0.05, 0.1) is 4.91 Å². The third-order valence-corrected chi connectivity index (χ3v) is 5.29. The molecule has 1 N–H and O–H groups in total. The lowest BCUT2D eigenvalue weighted by atomic mass is 10.2. The van der Waals surface area contributed by atoms with E-state index >= 15 is 0 Å². The Morgan fingerprint density at radius 3 is 2.54 bits per heavy atom. The summed E-state index contributed by atoms with van der Waals surface area (Å²) in [5, 5.41) is 2.77. The molecule has 2 aromatic rings. The van der Waals surface area contributed by atoms with Crippen molar-refractivity contribution in [3.8, 4) is 5.75 Å². The summed E-state index contributed by atoms with van der Waals surface area (Å²) in [5.41, 5.74) is 1.43. The fraction of sp³-hybridized carbons (Fsp3) is 0.190. The Hall–Kier alpha value is -2.64. The molecule has 2 amide bonds. The van der Waals surface area contributed by atoms with Crippen molar-refractivity contribution in [1.82, 2.24) is 4.90 Å². The van der Waals surface area contributed by atoms with Gasteiger partial charge in [0, 0.05) is 17.3 Å². The first-order valence-corrected chi connectivity index (χ1v) is 10.0. The number of carbonyl (C=O) groups is 2. The normalized spacial score (nSPS) is 15.4. The maximum atomic E-state index is 12.6. The number of rotatable bonds is 6. The van der Waals surface area contributed by atoms with Gasteiger partial charge in [0.25, 0.3) is 11.8 Å². The van der Waals surface area contributed by atoms with Crippen molar-refractivity contribution in [2.24, 2.45) is 0 Å². The number of carbonyl (C=O) groups excluding carboxylic acids is 2.